The predicted octanol–water partition coefficient (Wildman–Crippen LogP) is 1.88. The van der Waals surface area contributed by atoms with Crippen LogP contribution in [0, 0.1) is 0 Å². The molecule has 2 nitrogen and oxygen atoms in total. The van der Waals surface area contributed by atoms with Gasteiger partial charge in [0.25, 0.3) is 0 Å². The lowest BCUT2D eigenvalue weighted by molar-refractivity contribution is -0.0847. The second-order valence-electron chi connectivity index (χ2n) is 1.52. The van der Waals surface area contributed by atoms with Gasteiger partial charge >= 0.3 is 0 Å². The Bertz CT molecular complexity index is 110. The third-order valence-electron chi connectivity index (χ3n) is 0.652. The van der Waals surface area contributed by atoms with Gasteiger partial charge in [-0.15, -0.1) is 6.58 Å². The van der Waals surface area contributed by atoms with Crippen molar-refractivity contribution < 1.29 is 9.84 Å². The zero-order chi connectivity index (χ0) is 8.20. The van der Waals surface area contributed by atoms with Crippen LogP contribution in [0.25, 0.3) is 0 Å². The van der Waals surface area contributed by atoms with E-state index in [4.69, 9.17) is 39.9 Å². The van der Waals surface area contributed by atoms with Crippen LogP contribution in [0.4, 0.5) is 0 Å². The number of hydrogen-bond acceptors (Lipinski definition) is 2. The fourth-order valence-electron chi connectivity index (χ4n) is 0.254. The first-order chi connectivity index (χ1) is 4.48. The van der Waals surface area contributed by atoms with E-state index in [1.807, 2.05) is 0 Å². The fraction of sp³-hybridized carbons (Fsp3) is 0.600. The van der Waals surface area contributed by atoms with E-state index in [9.17, 15) is 0 Å². The maximum Gasteiger partial charge on any atom is 0.240 e. The first-order valence-corrected chi connectivity index (χ1v) is 3.59. The third-order valence-corrected chi connectivity index (χ3v) is 1.21. The molecule has 10 heavy (non-hydrogen) atoms. The van der Waals surface area contributed by atoms with Gasteiger partial charge in [-0.25, -0.2) is 0 Å². The number of alkyl halides is 3. The van der Waals surface area contributed by atoms with Gasteiger partial charge in [-0.05, 0) is 0 Å². The van der Waals surface area contributed by atoms with Crippen molar-refractivity contribution in [2.24, 2.45) is 0 Å². The summed E-state index contributed by atoms with van der Waals surface area (Å²) >= 11 is 15.7. The van der Waals surface area contributed by atoms with Crippen LogP contribution in [0.5, 0.6) is 0 Å². The minimum Gasteiger partial charge on any atom is -0.365 e. The molecule has 0 aliphatic heterocycles. The van der Waals surface area contributed by atoms with Crippen molar-refractivity contribution in [3.8, 4) is 0 Å². The fourth-order valence-corrected chi connectivity index (χ4v) is 0.443. The van der Waals surface area contributed by atoms with Gasteiger partial charge in [-0.1, -0.05) is 40.9 Å². The van der Waals surface area contributed by atoms with Gasteiger partial charge in [-0.2, -0.15) is 0 Å². The highest BCUT2D eigenvalue weighted by Crippen LogP contribution is 2.30. The Morgan fingerprint density at radius 2 is 2.10 bits per heavy atom. The summed E-state index contributed by atoms with van der Waals surface area (Å²) in [7, 11) is 0. The van der Waals surface area contributed by atoms with Crippen LogP contribution in [0.15, 0.2) is 12.7 Å². The molecule has 0 spiro atoms. The van der Waals surface area contributed by atoms with E-state index < -0.39 is 10.1 Å². The summed E-state index contributed by atoms with van der Waals surface area (Å²) in [6.45, 7) is 3.50. The molecule has 0 aromatic carbocycles. The Kier molecular flexibility index (Phi) is 4.65. The van der Waals surface area contributed by atoms with E-state index in [1.165, 1.54) is 6.08 Å². The largest absolute Gasteiger partial charge is 0.365 e. The summed E-state index contributed by atoms with van der Waals surface area (Å²) in [5.41, 5.74) is 0. The van der Waals surface area contributed by atoms with Crippen LogP contribution < -0.4 is 0 Å². The standard InChI is InChI=1S/C5H7Cl3O2/c1-2-3-10-4(9)5(6,7)8/h2,4,9H,1,3H2. The van der Waals surface area contributed by atoms with E-state index in [-0.39, 0.29) is 6.61 Å². The van der Waals surface area contributed by atoms with E-state index in [0.717, 1.165) is 0 Å². The van der Waals surface area contributed by atoms with Crippen LogP contribution in [-0.4, -0.2) is 21.8 Å². The van der Waals surface area contributed by atoms with Crippen molar-refractivity contribution in [1.29, 1.82) is 0 Å². The molecule has 0 aromatic heterocycles. The molecule has 0 fully saturated rings. The summed E-state index contributed by atoms with van der Waals surface area (Å²) in [5.74, 6) is 0. The van der Waals surface area contributed by atoms with Gasteiger partial charge in [0.05, 0.1) is 6.61 Å². The summed E-state index contributed by atoms with van der Waals surface area (Å²) < 4.78 is 2.81. The lowest BCUT2D eigenvalue weighted by Gasteiger charge is -2.17. The average molecular weight is 205 g/mol. The molecule has 0 aliphatic rings. The molecule has 1 atom stereocenters. The van der Waals surface area contributed by atoms with Gasteiger partial charge < -0.3 is 9.84 Å². The second kappa shape index (κ2) is 4.42. The van der Waals surface area contributed by atoms with Gasteiger partial charge in [0.1, 0.15) is 0 Å². The minimum atomic E-state index is -1.79. The van der Waals surface area contributed by atoms with Crippen molar-refractivity contribution >= 4 is 34.8 Å². The van der Waals surface area contributed by atoms with Crippen molar-refractivity contribution in [2.45, 2.75) is 10.1 Å². The highest BCUT2D eigenvalue weighted by atomic mass is 35.6. The van der Waals surface area contributed by atoms with Crippen molar-refractivity contribution in [3.05, 3.63) is 12.7 Å². The topological polar surface area (TPSA) is 29.5 Å². The van der Waals surface area contributed by atoms with Gasteiger partial charge in [0.15, 0.2) is 0 Å². The Morgan fingerprint density at radius 3 is 2.40 bits per heavy atom. The van der Waals surface area contributed by atoms with Gasteiger partial charge in [0.2, 0.25) is 10.1 Å². The molecule has 1 N–H and O–H groups in total. The van der Waals surface area contributed by atoms with E-state index in [1.54, 1.807) is 0 Å². The summed E-state index contributed by atoms with van der Waals surface area (Å²) in [5, 5.41) is 8.85. The van der Waals surface area contributed by atoms with Crippen LogP contribution in [0.3, 0.4) is 0 Å². The zero-order valence-corrected chi connectivity index (χ0v) is 7.33. The number of aliphatic hydroxyl groups excluding tert-OH is 1. The molecule has 0 amide bonds. The smallest absolute Gasteiger partial charge is 0.240 e. The lowest BCUT2D eigenvalue weighted by atomic mass is 10.6. The number of ether oxygens (including phenoxy) is 1. The van der Waals surface area contributed by atoms with E-state index in [2.05, 4.69) is 11.3 Å². The molecule has 0 bridgehead atoms. The molecular formula is C5H7Cl3O2. The van der Waals surface area contributed by atoms with Crippen molar-refractivity contribution in [2.75, 3.05) is 6.61 Å². The molecule has 0 aromatic rings. The highest BCUT2D eigenvalue weighted by Gasteiger charge is 2.31. The SMILES string of the molecule is C=CCOC(O)C(Cl)(Cl)Cl. The molecule has 0 saturated heterocycles. The molecule has 0 rings (SSSR count). The monoisotopic (exact) mass is 204 g/mol. The molecule has 0 heterocycles. The molecule has 60 valence electrons. The third kappa shape index (κ3) is 4.36. The van der Waals surface area contributed by atoms with Gasteiger partial charge in [0, 0.05) is 0 Å². The number of aliphatic hydroxyl groups is 1. The predicted molar refractivity (Wildman–Crippen MR) is 42.4 cm³/mol. The first kappa shape index (κ1) is 10.5. The zero-order valence-electron chi connectivity index (χ0n) is 5.06. The highest BCUT2D eigenvalue weighted by molar-refractivity contribution is 6.67. The summed E-state index contributed by atoms with van der Waals surface area (Å²) in [6, 6.07) is 0. The van der Waals surface area contributed by atoms with Gasteiger partial charge in [-0.3, -0.25) is 0 Å². The average Bonchev–Trinajstić information content (AvgIpc) is 1.80. The maximum absolute atomic E-state index is 8.85. The summed E-state index contributed by atoms with van der Waals surface area (Å²) in [4.78, 5) is 0. The van der Waals surface area contributed by atoms with Crippen molar-refractivity contribution in [1.82, 2.24) is 0 Å². The Hall–Kier alpha value is 0.530. The molecular weight excluding hydrogens is 198 g/mol. The molecule has 0 radical (unpaired) electrons. The second-order valence-corrected chi connectivity index (χ2v) is 3.88. The number of rotatable bonds is 3. The molecule has 0 saturated carbocycles. The van der Waals surface area contributed by atoms with Crippen LogP contribution in [-0.2, 0) is 4.74 Å². The quantitative estimate of drug-likeness (QED) is 0.433. The van der Waals surface area contributed by atoms with Crippen LogP contribution in [0.1, 0.15) is 0 Å². The maximum atomic E-state index is 8.85. The molecule has 0 aliphatic carbocycles. The number of halogens is 3. The van der Waals surface area contributed by atoms with E-state index >= 15 is 0 Å². The first-order valence-electron chi connectivity index (χ1n) is 2.45. The molecule has 5 heteroatoms. The van der Waals surface area contributed by atoms with E-state index in [0.29, 0.717) is 0 Å². The normalized spacial score (nSPS) is 14.8. The Balaban J connectivity index is 3.61. The van der Waals surface area contributed by atoms with Crippen molar-refractivity contribution in [3.63, 3.8) is 0 Å². The minimum absolute atomic E-state index is 0.148. The number of hydrogen-bond donors (Lipinski definition) is 1. The Labute approximate surface area is 74.3 Å². The van der Waals surface area contributed by atoms with Crippen LogP contribution in [0.2, 0.25) is 0 Å². The Morgan fingerprint density at radius 1 is 1.60 bits per heavy atom. The summed E-state index contributed by atoms with van der Waals surface area (Å²) in [6.07, 6.45) is 0.0371. The molecule has 1 unspecified atom stereocenters. The lowest BCUT2D eigenvalue weighted by Crippen LogP contribution is -2.28. The van der Waals surface area contributed by atoms with Crippen LogP contribution >= 0.6 is 34.8 Å².